The molecule has 0 spiro atoms. The van der Waals surface area contributed by atoms with Gasteiger partial charge in [-0.3, -0.25) is 0 Å². The number of rotatable bonds is 11. The van der Waals surface area contributed by atoms with Crippen molar-refractivity contribution >= 4 is 10.8 Å². The van der Waals surface area contributed by atoms with Crippen molar-refractivity contribution in [1.82, 2.24) is 5.32 Å². The van der Waals surface area contributed by atoms with E-state index in [4.69, 9.17) is 4.74 Å². The lowest BCUT2D eigenvalue weighted by Crippen LogP contribution is -2.14. The molecule has 0 unspecified atom stereocenters. The van der Waals surface area contributed by atoms with Crippen LogP contribution in [0.4, 0.5) is 4.39 Å². The van der Waals surface area contributed by atoms with Gasteiger partial charge in [0.25, 0.3) is 0 Å². The van der Waals surface area contributed by atoms with Crippen molar-refractivity contribution in [2.45, 2.75) is 52.1 Å². The molecule has 0 heterocycles. The molecule has 0 fully saturated rings. The maximum absolute atomic E-state index is 13.1. The van der Waals surface area contributed by atoms with Gasteiger partial charge in [-0.05, 0) is 41.0 Å². The van der Waals surface area contributed by atoms with E-state index >= 15 is 0 Å². The summed E-state index contributed by atoms with van der Waals surface area (Å²) >= 11 is 0. The second kappa shape index (κ2) is 10.8. The zero-order valence-electron chi connectivity index (χ0n) is 16.7. The van der Waals surface area contributed by atoms with Crippen molar-refractivity contribution in [3.05, 3.63) is 77.6 Å². The summed E-state index contributed by atoms with van der Waals surface area (Å²) in [6.45, 7) is 4.40. The first kappa shape index (κ1) is 20.3. The van der Waals surface area contributed by atoms with Crippen LogP contribution < -0.4 is 10.1 Å². The van der Waals surface area contributed by atoms with Crippen LogP contribution in [-0.2, 0) is 13.1 Å². The van der Waals surface area contributed by atoms with Gasteiger partial charge >= 0.3 is 0 Å². The first-order valence-corrected chi connectivity index (χ1v) is 10.4. The second-order valence-electron chi connectivity index (χ2n) is 7.26. The van der Waals surface area contributed by atoms with Crippen LogP contribution in [0.15, 0.2) is 60.7 Å². The third-order valence-electron chi connectivity index (χ3n) is 5.05. The van der Waals surface area contributed by atoms with E-state index in [0.29, 0.717) is 13.1 Å². The number of fused-ring (bicyclic) bond motifs is 1. The molecule has 0 saturated carbocycles. The van der Waals surface area contributed by atoms with Crippen molar-refractivity contribution in [3.8, 4) is 5.75 Å². The normalized spacial score (nSPS) is 11.1. The minimum absolute atomic E-state index is 0.201. The number of unbranched alkanes of at least 4 members (excludes halogenated alkanes) is 4. The molecule has 2 nitrogen and oxygen atoms in total. The van der Waals surface area contributed by atoms with Crippen molar-refractivity contribution in [2.24, 2.45) is 0 Å². The molecule has 0 bridgehead atoms. The predicted octanol–water partition coefficient (Wildman–Crippen LogP) is 6.62. The summed E-state index contributed by atoms with van der Waals surface area (Å²) in [7, 11) is 0. The predicted molar refractivity (Wildman–Crippen MR) is 115 cm³/mol. The standard InChI is InChI=1S/C25H30FNO/c1-2-3-4-5-8-17-28-25-16-13-21-9-6-7-10-23(21)24(25)19-27-18-20-11-14-22(26)15-12-20/h6-7,9-16,27H,2-5,8,17-19H2,1H3. The molecular formula is C25H30FNO. The monoisotopic (exact) mass is 379 g/mol. The maximum Gasteiger partial charge on any atom is 0.124 e. The van der Waals surface area contributed by atoms with E-state index in [1.54, 1.807) is 0 Å². The van der Waals surface area contributed by atoms with E-state index in [9.17, 15) is 4.39 Å². The zero-order valence-corrected chi connectivity index (χ0v) is 16.7. The van der Waals surface area contributed by atoms with Gasteiger partial charge < -0.3 is 10.1 Å². The fourth-order valence-corrected chi connectivity index (χ4v) is 3.46. The molecule has 0 aliphatic carbocycles. The SMILES string of the molecule is CCCCCCCOc1ccc2ccccc2c1CNCc1ccc(F)cc1. The average molecular weight is 380 g/mol. The first-order chi connectivity index (χ1) is 13.8. The summed E-state index contributed by atoms with van der Waals surface area (Å²) in [5.41, 5.74) is 2.26. The van der Waals surface area contributed by atoms with Gasteiger partial charge in [-0.1, -0.05) is 75.1 Å². The molecule has 0 amide bonds. The molecule has 3 heteroatoms. The third kappa shape index (κ3) is 5.80. The number of halogens is 1. The zero-order chi connectivity index (χ0) is 19.6. The largest absolute Gasteiger partial charge is 0.493 e. The van der Waals surface area contributed by atoms with Crippen LogP contribution in [0.1, 0.15) is 50.2 Å². The van der Waals surface area contributed by atoms with Gasteiger partial charge in [-0.2, -0.15) is 0 Å². The fourth-order valence-electron chi connectivity index (χ4n) is 3.46. The summed E-state index contributed by atoms with van der Waals surface area (Å²) in [6.07, 6.45) is 6.16. The molecule has 28 heavy (non-hydrogen) atoms. The Hall–Kier alpha value is -2.39. The number of hydrogen-bond acceptors (Lipinski definition) is 2. The number of nitrogens with one attached hydrogen (secondary N) is 1. The molecule has 3 rings (SSSR count). The lowest BCUT2D eigenvalue weighted by molar-refractivity contribution is 0.301. The molecule has 3 aromatic carbocycles. The van der Waals surface area contributed by atoms with E-state index in [2.05, 4.69) is 48.6 Å². The van der Waals surface area contributed by atoms with Crippen LogP contribution in [0, 0.1) is 5.82 Å². The molecule has 0 aromatic heterocycles. The molecule has 0 aliphatic heterocycles. The molecular weight excluding hydrogens is 349 g/mol. The van der Waals surface area contributed by atoms with Gasteiger partial charge in [0.1, 0.15) is 11.6 Å². The summed E-state index contributed by atoms with van der Waals surface area (Å²) in [5, 5.41) is 5.92. The number of ether oxygens (including phenoxy) is 1. The topological polar surface area (TPSA) is 21.3 Å². The molecule has 0 radical (unpaired) electrons. The van der Waals surface area contributed by atoms with Crippen LogP contribution in [0.3, 0.4) is 0 Å². The van der Waals surface area contributed by atoms with Gasteiger partial charge in [0.15, 0.2) is 0 Å². The molecule has 1 N–H and O–H groups in total. The van der Waals surface area contributed by atoms with Crippen molar-refractivity contribution in [1.29, 1.82) is 0 Å². The van der Waals surface area contributed by atoms with Gasteiger partial charge in [0.2, 0.25) is 0 Å². The Morgan fingerprint density at radius 1 is 0.821 bits per heavy atom. The Balaban J connectivity index is 1.65. The van der Waals surface area contributed by atoms with Crippen LogP contribution >= 0.6 is 0 Å². The van der Waals surface area contributed by atoms with Crippen LogP contribution in [0.25, 0.3) is 10.8 Å². The van der Waals surface area contributed by atoms with Gasteiger partial charge in [0, 0.05) is 18.7 Å². The minimum Gasteiger partial charge on any atom is -0.493 e. The summed E-state index contributed by atoms with van der Waals surface area (Å²) in [5.74, 6) is 0.758. The smallest absolute Gasteiger partial charge is 0.124 e. The van der Waals surface area contributed by atoms with E-state index in [0.717, 1.165) is 24.3 Å². The lowest BCUT2D eigenvalue weighted by Gasteiger charge is -2.15. The van der Waals surface area contributed by atoms with Crippen LogP contribution in [0.5, 0.6) is 5.75 Å². The van der Waals surface area contributed by atoms with Crippen LogP contribution in [-0.4, -0.2) is 6.61 Å². The second-order valence-corrected chi connectivity index (χ2v) is 7.26. The first-order valence-electron chi connectivity index (χ1n) is 10.4. The maximum atomic E-state index is 13.1. The van der Waals surface area contributed by atoms with Gasteiger partial charge in [-0.15, -0.1) is 0 Å². The van der Waals surface area contributed by atoms with Crippen molar-refractivity contribution in [2.75, 3.05) is 6.61 Å². The van der Waals surface area contributed by atoms with Crippen molar-refractivity contribution < 1.29 is 9.13 Å². The van der Waals surface area contributed by atoms with E-state index in [1.807, 2.05) is 12.1 Å². The molecule has 0 atom stereocenters. The van der Waals surface area contributed by atoms with E-state index < -0.39 is 0 Å². The Labute approximate surface area is 167 Å². The highest BCUT2D eigenvalue weighted by atomic mass is 19.1. The molecule has 3 aromatic rings. The Morgan fingerprint density at radius 3 is 2.43 bits per heavy atom. The summed E-state index contributed by atoms with van der Waals surface area (Å²) in [4.78, 5) is 0. The summed E-state index contributed by atoms with van der Waals surface area (Å²) in [6, 6.07) is 19.3. The Bertz CT molecular complexity index is 860. The summed E-state index contributed by atoms with van der Waals surface area (Å²) < 4.78 is 19.2. The highest BCUT2D eigenvalue weighted by Crippen LogP contribution is 2.28. The highest BCUT2D eigenvalue weighted by molar-refractivity contribution is 5.87. The Kier molecular flexibility index (Phi) is 7.86. The molecule has 148 valence electrons. The van der Waals surface area contributed by atoms with E-state index in [1.165, 1.54) is 54.2 Å². The molecule has 0 aliphatic rings. The number of benzene rings is 3. The number of hydrogen-bond donors (Lipinski definition) is 1. The highest BCUT2D eigenvalue weighted by Gasteiger charge is 2.09. The van der Waals surface area contributed by atoms with Gasteiger partial charge in [-0.25, -0.2) is 4.39 Å². The Morgan fingerprint density at radius 2 is 1.61 bits per heavy atom. The average Bonchev–Trinajstić information content (AvgIpc) is 2.73. The molecule has 0 saturated heterocycles. The van der Waals surface area contributed by atoms with Gasteiger partial charge in [0.05, 0.1) is 6.61 Å². The van der Waals surface area contributed by atoms with E-state index in [-0.39, 0.29) is 5.82 Å². The minimum atomic E-state index is -0.201. The van der Waals surface area contributed by atoms with Crippen molar-refractivity contribution in [3.63, 3.8) is 0 Å². The lowest BCUT2D eigenvalue weighted by atomic mass is 10.0. The fraction of sp³-hybridized carbons (Fsp3) is 0.360. The third-order valence-corrected chi connectivity index (χ3v) is 5.05. The van der Waals surface area contributed by atoms with Crippen LogP contribution in [0.2, 0.25) is 0 Å². The quantitative estimate of drug-likeness (QED) is 0.378.